The van der Waals surface area contributed by atoms with Crippen molar-refractivity contribution in [1.29, 1.82) is 0 Å². The molecule has 9 heteroatoms. The highest BCUT2D eigenvalue weighted by Crippen LogP contribution is 2.27. The fourth-order valence-electron chi connectivity index (χ4n) is 3.43. The summed E-state index contributed by atoms with van der Waals surface area (Å²) < 4.78 is 4.51. The standard InChI is InChI=1S/C21H21Cl2N5OS/c1-14-13-27(21-25-19(26-30-21)11-15-5-3-2-4-6-15)9-10-28(14)20(29)24-18-8-7-16(22)12-17(18)23/h2-8,12,14H,9-11,13H2,1H3,(H,24,29). The van der Waals surface area contributed by atoms with Crippen molar-refractivity contribution in [2.75, 3.05) is 29.9 Å². The number of urea groups is 1. The molecule has 1 aromatic heterocycles. The van der Waals surface area contributed by atoms with Crippen molar-refractivity contribution in [2.45, 2.75) is 19.4 Å². The Morgan fingerprint density at radius 1 is 1.20 bits per heavy atom. The van der Waals surface area contributed by atoms with Crippen LogP contribution in [0.2, 0.25) is 10.0 Å². The van der Waals surface area contributed by atoms with Gasteiger partial charge in [-0.25, -0.2) is 9.78 Å². The van der Waals surface area contributed by atoms with Gasteiger partial charge in [0, 0.05) is 48.7 Å². The van der Waals surface area contributed by atoms with E-state index >= 15 is 0 Å². The molecule has 4 rings (SSSR count). The van der Waals surface area contributed by atoms with Crippen molar-refractivity contribution in [3.05, 3.63) is 70.0 Å². The summed E-state index contributed by atoms with van der Waals surface area (Å²) in [6.45, 7) is 4.01. The molecule has 0 saturated carbocycles. The lowest BCUT2D eigenvalue weighted by molar-refractivity contribution is 0.185. The van der Waals surface area contributed by atoms with Crippen LogP contribution in [-0.4, -0.2) is 46.0 Å². The number of nitrogens with zero attached hydrogens (tertiary/aromatic N) is 4. The van der Waals surface area contributed by atoms with Gasteiger partial charge in [0.1, 0.15) is 5.82 Å². The second-order valence-electron chi connectivity index (χ2n) is 7.20. The van der Waals surface area contributed by atoms with E-state index in [2.05, 4.69) is 26.7 Å². The normalized spacial score (nSPS) is 16.6. The molecule has 6 nitrogen and oxygen atoms in total. The van der Waals surface area contributed by atoms with Crippen LogP contribution in [0.5, 0.6) is 0 Å². The minimum Gasteiger partial charge on any atom is -0.343 e. The Morgan fingerprint density at radius 3 is 2.73 bits per heavy atom. The van der Waals surface area contributed by atoms with E-state index in [-0.39, 0.29) is 12.1 Å². The molecule has 1 N–H and O–H groups in total. The molecule has 1 unspecified atom stereocenters. The first-order chi connectivity index (χ1) is 14.5. The molecule has 0 bridgehead atoms. The summed E-state index contributed by atoms with van der Waals surface area (Å²) in [5, 5.41) is 4.72. The number of halogens is 2. The number of carbonyl (C=O) groups is 1. The van der Waals surface area contributed by atoms with Crippen LogP contribution in [0.15, 0.2) is 48.5 Å². The number of anilines is 2. The minimum absolute atomic E-state index is 0.0197. The van der Waals surface area contributed by atoms with Crippen molar-refractivity contribution in [3.63, 3.8) is 0 Å². The van der Waals surface area contributed by atoms with Gasteiger partial charge < -0.3 is 15.1 Å². The zero-order valence-corrected chi connectivity index (χ0v) is 18.7. The number of piperazine rings is 1. The van der Waals surface area contributed by atoms with Crippen molar-refractivity contribution in [1.82, 2.24) is 14.3 Å². The van der Waals surface area contributed by atoms with Crippen LogP contribution in [-0.2, 0) is 6.42 Å². The van der Waals surface area contributed by atoms with Gasteiger partial charge in [0.05, 0.1) is 10.7 Å². The average Bonchev–Trinajstić information content (AvgIpc) is 3.19. The Bertz CT molecular complexity index is 1030. The van der Waals surface area contributed by atoms with Gasteiger partial charge in [-0.1, -0.05) is 53.5 Å². The van der Waals surface area contributed by atoms with Crippen molar-refractivity contribution < 1.29 is 4.79 Å². The Balaban J connectivity index is 1.36. The molecule has 2 heterocycles. The Kier molecular flexibility index (Phi) is 6.41. The van der Waals surface area contributed by atoms with Gasteiger partial charge >= 0.3 is 6.03 Å². The van der Waals surface area contributed by atoms with E-state index in [0.717, 1.165) is 17.4 Å². The lowest BCUT2D eigenvalue weighted by Gasteiger charge is -2.39. The largest absolute Gasteiger partial charge is 0.343 e. The van der Waals surface area contributed by atoms with E-state index in [0.29, 0.717) is 35.4 Å². The highest BCUT2D eigenvalue weighted by Gasteiger charge is 2.29. The van der Waals surface area contributed by atoms with E-state index < -0.39 is 0 Å². The van der Waals surface area contributed by atoms with E-state index in [1.165, 1.54) is 17.1 Å². The van der Waals surface area contributed by atoms with Crippen LogP contribution in [0.1, 0.15) is 18.3 Å². The van der Waals surface area contributed by atoms with Crippen LogP contribution >= 0.6 is 34.7 Å². The molecule has 156 valence electrons. The number of hydrogen-bond acceptors (Lipinski definition) is 5. The summed E-state index contributed by atoms with van der Waals surface area (Å²) in [5.41, 5.74) is 1.74. The predicted octanol–water partition coefficient (Wildman–Crippen LogP) is 5.18. The summed E-state index contributed by atoms with van der Waals surface area (Å²) in [6.07, 6.45) is 0.719. The van der Waals surface area contributed by atoms with Gasteiger partial charge in [0.15, 0.2) is 0 Å². The molecule has 2 amide bonds. The van der Waals surface area contributed by atoms with E-state index in [1.807, 2.05) is 30.0 Å². The number of carbonyl (C=O) groups excluding carboxylic acids is 1. The molecule has 1 saturated heterocycles. The summed E-state index contributed by atoms with van der Waals surface area (Å²) >= 11 is 13.5. The first-order valence-electron chi connectivity index (χ1n) is 9.64. The number of benzene rings is 2. The van der Waals surface area contributed by atoms with Crippen molar-refractivity contribution >= 4 is 51.6 Å². The third-order valence-electron chi connectivity index (χ3n) is 4.99. The van der Waals surface area contributed by atoms with E-state index in [1.54, 1.807) is 18.2 Å². The Hall–Kier alpha value is -2.35. The second kappa shape index (κ2) is 9.20. The van der Waals surface area contributed by atoms with Crippen molar-refractivity contribution in [2.24, 2.45) is 0 Å². The minimum atomic E-state index is -0.173. The zero-order chi connectivity index (χ0) is 21.1. The molecule has 2 aromatic carbocycles. The molecule has 0 spiro atoms. The van der Waals surface area contributed by atoms with Crippen LogP contribution in [0, 0.1) is 0 Å². The van der Waals surface area contributed by atoms with Gasteiger partial charge in [-0.2, -0.15) is 4.37 Å². The molecule has 0 radical (unpaired) electrons. The summed E-state index contributed by atoms with van der Waals surface area (Å²) in [5.74, 6) is 0.825. The van der Waals surface area contributed by atoms with Crippen LogP contribution in [0.25, 0.3) is 0 Å². The third-order valence-corrected chi connectivity index (χ3v) is 6.36. The topological polar surface area (TPSA) is 61.4 Å². The highest BCUT2D eigenvalue weighted by molar-refractivity contribution is 7.09. The van der Waals surface area contributed by atoms with Gasteiger partial charge in [-0.05, 0) is 30.7 Å². The molecule has 1 atom stereocenters. The van der Waals surface area contributed by atoms with Crippen molar-refractivity contribution in [3.8, 4) is 0 Å². The Morgan fingerprint density at radius 2 is 2.00 bits per heavy atom. The zero-order valence-electron chi connectivity index (χ0n) is 16.4. The average molecular weight is 462 g/mol. The first-order valence-corrected chi connectivity index (χ1v) is 11.2. The van der Waals surface area contributed by atoms with Gasteiger partial charge in [0.25, 0.3) is 0 Å². The summed E-state index contributed by atoms with van der Waals surface area (Å²) in [6, 6.07) is 15.1. The highest BCUT2D eigenvalue weighted by atomic mass is 35.5. The molecule has 0 aliphatic carbocycles. The summed E-state index contributed by atoms with van der Waals surface area (Å²) in [4.78, 5) is 21.5. The fourth-order valence-corrected chi connectivity index (χ4v) is 4.61. The molecule has 1 aliphatic heterocycles. The van der Waals surface area contributed by atoms with Crippen LogP contribution in [0.3, 0.4) is 0 Å². The summed E-state index contributed by atoms with van der Waals surface area (Å²) in [7, 11) is 0. The lowest BCUT2D eigenvalue weighted by atomic mass is 10.1. The maximum atomic E-state index is 12.7. The number of rotatable bonds is 4. The van der Waals surface area contributed by atoms with Gasteiger partial charge in [-0.3, -0.25) is 0 Å². The number of hydrogen-bond donors (Lipinski definition) is 1. The SMILES string of the molecule is CC1CN(c2nc(Cc3ccccc3)ns2)CCN1C(=O)Nc1ccc(Cl)cc1Cl. The number of nitrogens with one attached hydrogen (secondary N) is 1. The number of amides is 2. The second-order valence-corrected chi connectivity index (χ2v) is 8.77. The molecular weight excluding hydrogens is 441 g/mol. The number of aromatic nitrogens is 2. The lowest BCUT2D eigenvalue weighted by Crippen LogP contribution is -2.55. The smallest absolute Gasteiger partial charge is 0.322 e. The maximum Gasteiger partial charge on any atom is 0.322 e. The molecule has 30 heavy (non-hydrogen) atoms. The predicted molar refractivity (Wildman–Crippen MR) is 123 cm³/mol. The van der Waals surface area contributed by atoms with Crippen LogP contribution < -0.4 is 10.2 Å². The molecular formula is C21H21Cl2N5OS. The van der Waals surface area contributed by atoms with Crippen LogP contribution in [0.4, 0.5) is 15.6 Å². The van der Waals surface area contributed by atoms with Gasteiger partial charge in [-0.15, -0.1) is 0 Å². The third kappa shape index (κ3) is 4.86. The maximum absolute atomic E-state index is 12.7. The van der Waals surface area contributed by atoms with E-state index in [9.17, 15) is 4.79 Å². The molecule has 3 aromatic rings. The Labute approximate surface area is 189 Å². The molecule has 1 aliphatic rings. The molecule has 1 fully saturated rings. The van der Waals surface area contributed by atoms with Gasteiger partial charge in [0.2, 0.25) is 5.13 Å². The first kappa shape index (κ1) is 20.9. The monoisotopic (exact) mass is 461 g/mol. The quantitative estimate of drug-likeness (QED) is 0.581. The van der Waals surface area contributed by atoms with E-state index in [4.69, 9.17) is 28.2 Å². The fraction of sp³-hybridized carbons (Fsp3) is 0.286.